The van der Waals surface area contributed by atoms with Crippen LogP contribution >= 0.6 is 0 Å². The highest BCUT2D eigenvalue weighted by atomic mass is 15.1. The molecule has 1 saturated carbocycles. The number of nitrogens with zero attached hydrogens (tertiary/aromatic N) is 3. The van der Waals surface area contributed by atoms with Gasteiger partial charge in [-0.1, -0.05) is 0 Å². The minimum absolute atomic E-state index is 0.650. The fourth-order valence-corrected chi connectivity index (χ4v) is 3.25. The van der Waals surface area contributed by atoms with Crippen molar-refractivity contribution >= 4 is 21.8 Å². The predicted octanol–water partition coefficient (Wildman–Crippen LogP) is 3.69. The Morgan fingerprint density at radius 3 is 2.73 bits per heavy atom. The normalized spacial score (nSPS) is 15.0. The van der Waals surface area contributed by atoms with E-state index in [1.807, 2.05) is 19.3 Å². The van der Waals surface area contributed by atoms with E-state index in [2.05, 4.69) is 38.6 Å². The molecule has 22 heavy (non-hydrogen) atoms. The van der Waals surface area contributed by atoms with Crippen LogP contribution in [0.4, 0.5) is 0 Å². The molecule has 3 aromatic heterocycles. The maximum absolute atomic E-state index is 4.88. The van der Waals surface area contributed by atoms with E-state index >= 15 is 0 Å². The molecule has 3 heterocycles. The second-order valence-corrected chi connectivity index (χ2v) is 6.07. The maximum Gasteiger partial charge on any atom is 0.0746 e. The number of H-pyrrole nitrogens is 2. The van der Waals surface area contributed by atoms with Crippen molar-refractivity contribution < 1.29 is 0 Å². The summed E-state index contributed by atoms with van der Waals surface area (Å²) in [5.74, 6) is 0.650. The minimum Gasteiger partial charge on any atom is -0.282 e. The van der Waals surface area contributed by atoms with Crippen molar-refractivity contribution in [3.05, 3.63) is 41.9 Å². The van der Waals surface area contributed by atoms with E-state index in [0.29, 0.717) is 5.92 Å². The zero-order valence-electron chi connectivity index (χ0n) is 12.2. The highest BCUT2D eigenvalue weighted by molar-refractivity contribution is 6.07. The molecular formula is C17H15N5. The molecule has 0 amide bonds. The molecule has 0 bridgehead atoms. The molecule has 4 aromatic rings. The molecule has 108 valence electrons. The van der Waals surface area contributed by atoms with Crippen molar-refractivity contribution in [3.63, 3.8) is 0 Å². The van der Waals surface area contributed by atoms with Crippen molar-refractivity contribution in [1.82, 2.24) is 25.4 Å². The van der Waals surface area contributed by atoms with Gasteiger partial charge in [-0.05, 0) is 49.4 Å². The minimum atomic E-state index is 0.650. The summed E-state index contributed by atoms with van der Waals surface area (Å²) in [6.45, 7) is 2.03. The van der Waals surface area contributed by atoms with Crippen LogP contribution in [0.2, 0.25) is 0 Å². The van der Waals surface area contributed by atoms with Gasteiger partial charge < -0.3 is 0 Å². The maximum atomic E-state index is 4.88. The molecule has 0 spiro atoms. The SMILES string of the molecule is Cc1[nH]ncc1-c1cc(C2CC2)c2c(ccc3[nH]ncc32)n1. The lowest BCUT2D eigenvalue weighted by Crippen LogP contribution is -1.92. The summed E-state index contributed by atoms with van der Waals surface area (Å²) < 4.78 is 0. The first-order valence-corrected chi connectivity index (χ1v) is 7.58. The summed E-state index contributed by atoms with van der Waals surface area (Å²) in [6, 6.07) is 6.38. The number of aromatic amines is 2. The molecule has 1 fully saturated rings. The van der Waals surface area contributed by atoms with E-state index in [9.17, 15) is 0 Å². The molecular weight excluding hydrogens is 274 g/mol. The van der Waals surface area contributed by atoms with Gasteiger partial charge in [-0.25, -0.2) is 4.98 Å². The van der Waals surface area contributed by atoms with Gasteiger partial charge in [0.1, 0.15) is 0 Å². The average molecular weight is 289 g/mol. The number of benzene rings is 1. The van der Waals surface area contributed by atoms with Crippen molar-refractivity contribution in [1.29, 1.82) is 0 Å². The summed E-state index contributed by atoms with van der Waals surface area (Å²) in [5.41, 5.74) is 6.64. The molecule has 5 heteroatoms. The van der Waals surface area contributed by atoms with Gasteiger partial charge in [0.15, 0.2) is 0 Å². The lowest BCUT2D eigenvalue weighted by Gasteiger charge is -2.09. The van der Waals surface area contributed by atoms with E-state index in [-0.39, 0.29) is 0 Å². The van der Waals surface area contributed by atoms with Crippen molar-refractivity contribution in [2.75, 3.05) is 0 Å². The third-order valence-electron chi connectivity index (χ3n) is 4.55. The van der Waals surface area contributed by atoms with Crippen LogP contribution in [0.5, 0.6) is 0 Å². The Balaban J connectivity index is 1.88. The van der Waals surface area contributed by atoms with Crippen LogP contribution in [0.3, 0.4) is 0 Å². The number of hydrogen-bond acceptors (Lipinski definition) is 3. The zero-order chi connectivity index (χ0) is 14.7. The Labute approximate surface area is 126 Å². The van der Waals surface area contributed by atoms with E-state index < -0.39 is 0 Å². The van der Waals surface area contributed by atoms with Crippen LogP contribution < -0.4 is 0 Å². The molecule has 5 nitrogen and oxygen atoms in total. The third kappa shape index (κ3) is 1.62. The van der Waals surface area contributed by atoms with Crippen LogP contribution in [-0.2, 0) is 0 Å². The van der Waals surface area contributed by atoms with E-state index in [4.69, 9.17) is 4.98 Å². The third-order valence-corrected chi connectivity index (χ3v) is 4.55. The molecule has 2 N–H and O–H groups in total. The molecule has 0 aliphatic heterocycles. The number of hydrogen-bond donors (Lipinski definition) is 2. The van der Waals surface area contributed by atoms with Crippen LogP contribution in [0.1, 0.15) is 30.0 Å². The van der Waals surface area contributed by atoms with Gasteiger partial charge in [-0.15, -0.1) is 0 Å². The van der Waals surface area contributed by atoms with Gasteiger partial charge in [0, 0.05) is 22.0 Å². The Kier molecular flexibility index (Phi) is 2.25. The van der Waals surface area contributed by atoms with Gasteiger partial charge in [-0.2, -0.15) is 10.2 Å². The topological polar surface area (TPSA) is 70.2 Å². The lowest BCUT2D eigenvalue weighted by molar-refractivity contribution is 1.05. The predicted molar refractivity (Wildman–Crippen MR) is 85.7 cm³/mol. The first-order chi connectivity index (χ1) is 10.8. The molecule has 1 aromatic carbocycles. The fourth-order valence-electron chi connectivity index (χ4n) is 3.25. The van der Waals surface area contributed by atoms with Crippen LogP contribution in [0, 0.1) is 6.92 Å². The van der Waals surface area contributed by atoms with Gasteiger partial charge in [0.25, 0.3) is 0 Å². The quantitative estimate of drug-likeness (QED) is 0.591. The summed E-state index contributed by atoms with van der Waals surface area (Å²) >= 11 is 0. The second-order valence-electron chi connectivity index (χ2n) is 6.07. The summed E-state index contributed by atoms with van der Waals surface area (Å²) in [7, 11) is 0. The van der Waals surface area contributed by atoms with Gasteiger partial charge >= 0.3 is 0 Å². The van der Waals surface area contributed by atoms with Crippen LogP contribution in [0.15, 0.2) is 30.6 Å². The molecule has 0 unspecified atom stereocenters. The smallest absolute Gasteiger partial charge is 0.0746 e. The van der Waals surface area contributed by atoms with Crippen LogP contribution in [0.25, 0.3) is 33.1 Å². The average Bonchev–Trinajstić information content (AvgIpc) is 3.10. The number of nitrogens with one attached hydrogen (secondary N) is 2. The van der Waals surface area contributed by atoms with Crippen molar-refractivity contribution in [2.45, 2.75) is 25.7 Å². The number of aromatic nitrogens is 5. The van der Waals surface area contributed by atoms with Crippen LogP contribution in [-0.4, -0.2) is 25.4 Å². The largest absolute Gasteiger partial charge is 0.282 e. The van der Waals surface area contributed by atoms with E-state index in [1.54, 1.807) is 0 Å². The monoisotopic (exact) mass is 289 g/mol. The summed E-state index contributed by atoms with van der Waals surface area (Å²) in [4.78, 5) is 4.88. The summed E-state index contributed by atoms with van der Waals surface area (Å²) in [6.07, 6.45) is 6.29. The molecule has 5 rings (SSSR count). The molecule has 1 aliphatic rings. The Morgan fingerprint density at radius 2 is 1.95 bits per heavy atom. The van der Waals surface area contributed by atoms with Gasteiger partial charge in [-0.3, -0.25) is 10.2 Å². The first-order valence-electron chi connectivity index (χ1n) is 7.58. The number of rotatable bonds is 2. The Bertz CT molecular complexity index is 1010. The molecule has 0 radical (unpaired) electrons. The first kappa shape index (κ1) is 11.9. The lowest BCUT2D eigenvalue weighted by atomic mass is 9.99. The molecule has 0 saturated heterocycles. The van der Waals surface area contributed by atoms with Crippen molar-refractivity contribution in [2.24, 2.45) is 0 Å². The van der Waals surface area contributed by atoms with Crippen molar-refractivity contribution in [3.8, 4) is 11.3 Å². The van der Waals surface area contributed by atoms with E-state index in [0.717, 1.165) is 28.0 Å². The second kappa shape index (κ2) is 4.16. The Hall–Kier alpha value is -2.69. The van der Waals surface area contributed by atoms with Gasteiger partial charge in [0.05, 0.1) is 29.1 Å². The number of fused-ring (bicyclic) bond motifs is 3. The number of pyridine rings is 1. The fraction of sp³-hybridized carbons (Fsp3) is 0.235. The highest BCUT2D eigenvalue weighted by Gasteiger charge is 2.27. The number of aryl methyl sites for hydroxylation is 1. The zero-order valence-corrected chi connectivity index (χ0v) is 12.2. The molecule has 1 aliphatic carbocycles. The van der Waals surface area contributed by atoms with Gasteiger partial charge in [0.2, 0.25) is 0 Å². The van der Waals surface area contributed by atoms with E-state index in [1.165, 1.54) is 29.2 Å². The standard InChI is InChI=1S/C17H15N5/c1-9-12(7-18-21-9)16-6-11(10-2-3-10)17-13-8-19-22-14(13)4-5-15(17)20-16/h4-8,10H,2-3H2,1H3,(H,18,21)(H,19,22). The molecule has 0 atom stereocenters. The summed E-state index contributed by atoms with van der Waals surface area (Å²) in [5, 5.41) is 16.8. The highest BCUT2D eigenvalue weighted by Crippen LogP contribution is 2.45. The Morgan fingerprint density at radius 1 is 1.09 bits per heavy atom.